The maximum atomic E-state index is 13.0. The monoisotopic (exact) mass is 391 g/mol. The lowest BCUT2D eigenvalue weighted by atomic mass is 10.1. The van der Waals surface area contributed by atoms with Crippen molar-refractivity contribution in [2.45, 2.75) is 6.42 Å². The number of nitrogens with zero attached hydrogens (tertiary/aromatic N) is 3. The molecule has 0 bridgehead atoms. The summed E-state index contributed by atoms with van der Waals surface area (Å²) in [5.74, 6) is 1.12. The number of furan rings is 1. The maximum Gasteiger partial charge on any atom is 0.253 e. The molecule has 2 heterocycles. The molecule has 0 aliphatic rings. The Hall–Kier alpha value is -3.45. The number of amides is 1. The first-order chi connectivity index (χ1) is 13.7. The van der Waals surface area contributed by atoms with Gasteiger partial charge in [-0.2, -0.15) is 10.1 Å². The van der Waals surface area contributed by atoms with Gasteiger partial charge >= 0.3 is 0 Å². The molecule has 7 heteroatoms. The molecule has 0 spiro atoms. The molecule has 2 aromatic carbocycles. The zero-order valence-corrected chi connectivity index (χ0v) is 15.9. The van der Waals surface area contributed by atoms with Crippen LogP contribution in [0, 0.1) is 0 Å². The average molecular weight is 391 g/mol. The molecule has 0 saturated heterocycles. The molecule has 0 atom stereocenters. The number of ether oxygens (including phenoxy) is 1. The Kier molecular flexibility index (Phi) is 5.16. The molecule has 28 heavy (non-hydrogen) atoms. The standard InChI is InChI=1S/C21H17N3O3S/c1-26-16-9-10-18-19(13-16)28-21(23-18)24(22-14-17-8-5-11-27-17)20(25)12-15-6-3-2-4-7-15/h2-11,13-14H,12H2,1H3/b22-14-. The number of methoxy groups -OCH3 is 1. The Morgan fingerprint density at radius 3 is 2.82 bits per heavy atom. The van der Waals surface area contributed by atoms with E-state index in [1.165, 1.54) is 22.6 Å². The van der Waals surface area contributed by atoms with E-state index in [4.69, 9.17) is 9.15 Å². The SMILES string of the molecule is COc1ccc2nc(N(/N=C\c3ccco3)C(=O)Cc3ccccc3)sc2c1. The van der Waals surface area contributed by atoms with Crippen LogP contribution in [0.25, 0.3) is 10.2 Å². The van der Waals surface area contributed by atoms with Gasteiger partial charge in [0.05, 0.1) is 36.2 Å². The molecule has 0 aliphatic heterocycles. The topological polar surface area (TPSA) is 67.9 Å². The highest BCUT2D eigenvalue weighted by Gasteiger charge is 2.20. The van der Waals surface area contributed by atoms with Gasteiger partial charge in [-0.25, -0.2) is 4.98 Å². The normalized spacial score (nSPS) is 11.2. The van der Waals surface area contributed by atoms with Gasteiger partial charge in [-0.05, 0) is 35.9 Å². The maximum absolute atomic E-state index is 13.0. The van der Waals surface area contributed by atoms with Gasteiger partial charge in [0.15, 0.2) is 0 Å². The smallest absolute Gasteiger partial charge is 0.253 e. The number of rotatable bonds is 6. The third kappa shape index (κ3) is 3.94. The summed E-state index contributed by atoms with van der Waals surface area (Å²) in [4.78, 5) is 17.6. The number of anilines is 1. The van der Waals surface area contributed by atoms with Gasteiger partial charge in [-0.3, -0.25) is 4.79 Å². The fourth-order valence-corrected chi connectivity index (χ4v) is 3.62. The van der Waals surface area contributed by atoms with Crippen LogP contribution in [0.15, 0.2) is 76.4 Å². The Morgan fingerprint density at radius 2 is 2.07 bits per heavy atom. The Labute approximate surface area is 165 Å². The van der Waals surface area contributed by atoms with E-state index < -0.39 is 0 Å². The first-order valence-electron chi connectivity index (χ1n) is 8.62. The number of fused-ring (bicyclic) bond motifs is 1. The minimum atomic E-state index is -0.181. The second kappa shape index (κ2) is 8.06. The number of carbonyl (C=O) groups excluding carboxylic acids is 1. The molecule has 140 valence electrons. The summed E-state index contributed by atoms with van der Waals surface area (Å²) in [6.45, 7) is 0. The average Bonchev–Trinajstić information content (AvgIpc) is 3.38. The van der Waals surface area contributed by atoms with Crippen LogP contribution in [0.5, 0.6) is 5.75 Å². The summed E-state index contributed by atoms with van der Waals surface area (Å²) >= 11 is 1.38. The molecule has 0 saturated carbocycles. The minimum absolute atomic E-state index is 0.181. The molecule has 2 aromatic heterocycles. The lowest BCUT2D eigenvalue weighted by Crippen LogP contribution is -2.27. The first-order valence-corrected chi connectivity index (χ1v) is 9.43. The predicted octanol–water partition coefficient (Wildman–Crippen LogP) is 4.51. The van der Waals surface area contributed by atoms with Gasteiger partial charge in [0.25, 0.3) is 5.91 Å². The number of hydrazone groups is 1. The second-order valence-corrected chi connectivity index (χ2v) is 6.97. The predicted molar refractivity (Wildman–Crippen MR) is 110 cm³/mol. The molecule has 0 radical (unpaired) electrons. The van der Waals surface area contributed by atoms with Gasteiger partial charge in [0.1, 0.15) is 11.5 Å². The summed E-state index contributed by atoms with van der Waals surface area (Å²) in [5.41, 5.74) is 1.69. The van der Waals surface area contributed by atoms with Gasteiger partial charge < -0.3 is 9.15 Å². The fraction of sp³-hybridized carbons (Fsp3) is 0.0952. The van der Waals surface area contributed by atoms with Crippen LogP contribution < -0.4 is 9.75 Å². The summed E-state index contributed by atoms with van der Waals surface area (Å²) in [6.07, 6.45) is 3.28. The Bertz CT molecular complexity index is 1100. The third-order valence-corrected chi connectivity index (χ3v) is 5.04. The lowest BCUT2D eigenvalue weighted by molar-refractivity contribution is -0.118. The van der Waals surface area contributed by atoms with Crippen molar-refractivity contribution in [3.63, 3.8) is 0 Å². The number of hydrogen-bond donors (Lipinski definition) is 0. The first kappa shape index (κ1) is 17.9. The van der Waals surface area contributed by atoms with Crippen molar-refractivity contribution < 1.29 is 13.9 Å². The van der Waals surface area contributed by atoms with E-state index in [1.54, 1.807) is 25.5 Å². The van der Waals surface area contributed by atoms with E-state index in [1.807, 2.05) is 48.5 Å². The molecular weight excluding hydrogens is 374 g/mol. The second-order valence-electron chi connectivity index (χ2n) is 5.96. The van der Waals surface area contributed by atoms with Gasteiger partial charge in [-0.15, -0.1) is 0 Å². The van der Waals surface area contributed by atoms with Crippen LogP contribution in [0.1, 0.15) is 11.3 Å². The highest BCUT2D eigenvalue weighted by Crippen LogP contribution is 2.32. The number of carbonyl (C=O) groups is 1. The van der Waals surface area contributed by atoms with Crippen molar-refractivity contribution in [1.29, 1.82) is 0 Å². The van der Waals surface area contributed by atoms with Gasteiger partial charge in [-0.1, -0.05) is 41.7 Å². The molecular formula is C21H17N3O3S. The fourth-order valence-electron chi connectivity index (χ4n) is 2.66. The largest absolute Gasteiger partial charge is 0.497 e. The van der Waals surface area contributed by atoms with E-state index >= 15 is 0 Å². The lowest BCUT2D eigenvalue weighted by Gasteiger charge is -2.13. The summed E-state index contributed by atoms with van der Waals surface area (Å²) in [6, 6.07) is 18.7. The summed E-state index contributed by atoms with van der Waals surface area (Å²) in [7, 11) is 1.62. The number of benzene rings is 2. The molecule has 4 rings (SSSR count). The van der Waals surface area contributed by atoms with Crippen LogP contribution in [-0.2, 0) is 11.2 Å². The minimum Gasteiger partial charge on any atom is -0.497 e. The van der Waals surface area contributed by atoms with E-state index in [0.717, 1.165) is 21.5 Å². The molecule has 1 amide bonds. The number of aromatic nitrogens is 1. The van der Waals surface area contributed by atoms with Crippen LogP contribution >= 0.6 is 11.3 Å². The molecule has 4 aromatic rings. The van der Waals surface area contributed by atoms with Crippen LogP contribution in [0.2, 0.25) is 0 Å². The van der Waals surface area contributed by atoms with Crippen LogP contribution in [0.4, 0.5) is 5.13 Å². The highest BCUT2D eigenvalue weighted by atomic mass is 32.1. The highest BCUT2D eigenvalue weighted by molar-refractivity contribution is 7.22. The van der Waals surface area contributed by atoms with Crippen molar-refractivity contribution in [3.8, 4) is 5.75 Å². The van der Waals surface area contributed by atoms with Crippen molar-refractivity contribution in [2.75, 3.05) is 12.1 Å². The van der Waals surface area contributed by atoms with Crippen molar-refractivity contribution in [1.82, 2.24) is 4.98 Å². The Morgan fingerprint density at radius 1 is 1.21 bits per heavy atom. The van der Waals surface area contributed by atoms with Gasteiger partial charge in [0.2, 0.25) is 5.13 Å². The van der Waals surface area contributed by atoms with Crippen molar-refractivity contribution >= 4 is 38.8 Å². The third-order valence-electron chi connectivity index (χ3n) is 4.04. The molecule has 0 N–H and O–H groups in total. The zero-order valence-electron chi connectivity index (χ0n) is 15.1. The summed E-state index contributed by atoms with van der Waals surface area (Å²) < 4.78 is 11.5. The molecule has 6 nitrogen and oxygen atoms in total. The van der Waals surface area contributed by atoms with Crippen LogP contribution in [-0.4, -0.2) is 24.2 Å². The van der Waals surface area contributed by atoms with Gasteiger partial charge in [0, 0.05) is 0 Å². The number of hydrogen-bond acceptors (Lipinski definition) is 6. The molecule has 0 aliphatic carbocycles. The van der Waals surface area contributed by atoms with E-state index in [0.29, 0.717) is 10.9 Å². The van der Waals surface area contributed by atoms with Crippen molar-refractivity contribution in [3.05, 3.63) is 78.3 Å². The summed E-state index contributed by atoms with van der Waals surface area (Å²) in [5, 5.41) is 6.17. The zero-order chi connectivity index (χ0) is 19.3. The van der Waals surface area contributed by atoms with Crippen LogP contribution in [0.3, 0.4) is 0 Å². The number of thiazole rings is 1. The van der Waals surface area contributed by atoms with E-state index in [9.17, 15) is 4.79 Å². The van der Waals surface area contributed by atoms with E-state index in [2.05, 4.69) is 10.1 Å². The molecule has 0 fully saturated rings. The quantitative estimate of drug-likeness (QED) is 0.358. The van der Waals surface area contributed by atoms with E-state index in [-0.39, 0.29) is 12.3 Å². The Balaban J connectivity index is 1.68. The molecule has 0 unspecified atom stereocenters. The van der Waals surface area contributed by atoms with Crippen molar-refractivity contribution in [2.24, 2.45) is 5.10 Å².